The second-order valence-corrected chi connectivity index (χ2v) is 7.37. The van der Waals surface area contributed by atoms with Gasteiger partial charge in [-0.25, -0.2) is 0 Å². The third-order valence-electron chi connectivity index (χ3n) is 5.07. The SMILES string of the molecule is C[C@H](c1nnc(-c2cccc(Cl)c2)o1)N1CCN(Cc2ccccc2)CC1. The fourth-order valence-electron chi connectivity index (χ4n) is 3.45. The molecule has 6 heteroatoms. The normalized spacial score (nSPS) is 17.1. The summed E-state index contributed by atoms with van der Waals surface area (Å²) in [5.41, 5.74) is 2.21. The summed E-state index contributed by atoms with van der Waals surface area (Å²) in [6.07, 6.45) is 0. The minimum atomic E-state index is 0.101. The van der Waals surface area contributed by atoms with Crippen molar-refractivity contribution >= 4 is 11.6 Å². The van der Waals surface area contributed by atoms with Crippen molar-refractivity contribution < 1.29 is 4.42 Å². The number of aromatic nitrogens is 2. The Morgan fingerprint density at radius 1 is 1.00 bits per heavy atom. The number of hydrogen-bond acceptors (Lipinski definition) is 5. The highest BCUT2D eigenvalue weighted by Gasteiger charge is 2.25. The van der Waals surface area contributed by atoms with Gasteiger partial charge in [0.25, 0.3) is 0 Å². The zero-order valence-electron chi connectivity index (χ0n) is 15.4. The Kier molecular flexibility index (Phi) is 5.53. The topological polar surface area (TPSA) is 45.4 Å². The summed E-state index contributed by atoms with van der Waals surface area (Å²) in [4.78, 5) is 4.89. The zero-order chi connectivity index (χ0) is 18.6. The van der Waals surface area contributed by atoms with Crippen molar-refractivity contribution in [1.82, 2.24) is 20.0 Å². The van der Waals surface area contributed by atoms with Gasteiger partial charge in [0.1, 0.15) is 0 Å². The van der Waals surface area contributed by atoms with E-state index in [1.165, 1.54) is 5.56 Å². The van der Waals surface area contributed by atoms with E-state index in [4.69, 9.17) is 16.0 Å². The van der Waals surface area contributed by atoms with Crippen molar-refractivity contribution in [3.8, 4) is 11.5 Å². The van der Waals surface area contributed by atoms with Gasteiger partial charge in [0.2, 0.25) is 11.8 Å². The summed E-state index contributed by atoms with van der Waals surface area (Å²) in [5.74, 6) is 1.17. The highest BCUT2D eigenvalue weighted by atomic mass is 35.5. The first kappa shape index (κ1) is 18.2. The van der Waals surface area contributed by atoms with Gasteiger partial charge < -0.3 is 4.42 Å². The van der Waals surface area contributed by atoms with Gasteiger partial charge in [0, 0.05) is 43.3 Å². The van der Waals surface area contributed by atoms with Gasteiger partial charge in [-0.1, -0.05) is 48.0 Å². The summed E-state index contributed by atoms with van der Waals surface area (Å²) in [7, 11) is 0. The van der Waals surface area contributed by atoms with Gasteiger partial charge in [-0.2, -0.15) is 0 Å². The predicted octanol–water partition coefficient (Wildman–Crippen LogP) is 4.27. The fraction of sp³-hybridized carbons (Fsp3) is 0.333. The maximum absolute atomic E-state index is 6.05. The molecular weight excluding hydrogens is 360 g/mol. The Morgan fingerprint density at radius 3 is 2.52 bits per heavy atom. The summed E-state index contributed by atoms with van der Waals surface area (Å²) < 4.78 is 5.93. The van der Waals surface area contributed by atoms with E-state index in [1.54, 1.807) is 0 Å². The van der Waals surface area contributed by atoms with E-state index in [2.05, 4.69) is 57.3 Å². The fourth-order valence-corrected chi connectivity index (χ4v) is 3.64. The molecular formula is C21H23ClN4O. The van der Waals surface area contributed by atoms with Crippen molar-refractivity contribution in [3.63, 3.8) is 0 Å². The van der Waals surface area contributed by atoms with Gasteiger partial charge in [-0.05, 0) is 30.7 Å². The largest absolute Gasteiger partial charge is 0.419 e. The van der Waals surface area contributed by atoms with Crippen LogP contribution in [0.25, 0.3) is 11.5 Å². The first-order valence-corrected chi connectivity index (χ1v) is 9.66. The van der Waals surface area contributed by atoms with Crippen LogP contribution in [0.5, 0.6) is 0 Å². The van der Waals surface area contributed by atoms with Gasteiger partial charge >= 0.3 is 0 Å². The molecule has 5 nitrogen and oxygen atoms in total. The van der Waals surface area contributed by atoms with Crippen LogP contribution in [-0.4, -0.2) is 46.2 Å². The van der Waals surface area contributed by atoms with Gasteiger partial charge in [0.05, 0.1) is 6.04 Å². The molecule has 4 rings (SSSR count). The Labute approximate surface area is 164 Å². The quantitative estimate of drug-likeness (QED) is 0.659. The van der Waals surface area contributed by atoms with Crippen molar-refractivity contribution in [2.75, 3.05) is 26.2 Å². The van der Waals surface area contributed by atoms with Crippen molar-refractivity contribution in [1.29, 1.82) is 0 Å². The lowest BCUT2D eigenvalue weighted by molar-refractivity contribution is 0.0876. The minimum Gasteiger partial charge on any atom is -0.419 e. The monoisotopic (exact) mass is 382 g/mol. The number of rotatable bonds is 5. The van der Waals surface area contributed by atoms with E-state index in [1.807, 2.05) is 24.3 Å². The standard InChI is InChI=1S/C21H23ClN4O/c1-16(20-23-24-21(27-20)18-8-5-9-19(22)14-18)26-12-10-25(11-13-26)15-17-6-3-2-4-7-17/h2-9,14,16H,10-13,15H2,1H3/t16-/m1/s1. The highest BCUT2D eigenvalue weighted by Crippen LogP contribution is 2.26. The molecule has 1 aromatic heterocycles. The molecule has 1 aliphatic heterocycles. The van der Waals surface area contributed by atoms with Crippen molar-refractivity contribution in [2.24, 2.45) is 0 Å². The van der Waals surface area contributed by atoms with Crippen molar-refractivity contribution in [2.45, 2.75) is 19.5 Å². The lowest BCUT2D eigenvalue weighted by Crippen LogP contribution is -2.46. The number of nitrogens with zero attached hydrogens (tertiary/aromatic N) is 4. The average Bonchev–Trinajstić information content (AvgIpc) is 3.19. The van der Waals surface area contributed by atoms with Crippen LogP contribution in [-0.2, 0) is 6.54 Å². The zero-order valence-corrected chi connectivity index (χ0v) is 16.1. The second-order valence-electron chi connectivity index (χ2n) is 6.93. The van der Waals surface area contributed by atoms with Crippen LogP contribution in [0.1, 0.15) is 24.4 Å². The molecule has 0 saturated carbocycles. The van der Waals surface area contributed by atoms with E-state index in [-0.39, 0.29) is 6.04 Å². The molecule has 27 heavy (non-hydrogen) atoms. The number of halogens is 1. The van der Waals surface area contributed by atoms with Crippen LogP contribution in [0.3, 0.4) is 0 Å². The second kappa shape index (κ2) is 8.21. The molecule has 1 aliphatic rings. The third kappa shape index (κ3) is 4.38. The van der Waals surface area contributed by atoms with Crippen LogP contribution in [0.2, 0.25) is 5.02 Å². The molecule has 1 saturated heterocycles. The van der Waals surface area contributed by atoms with Crippen LogP contribution in [0.15, 0.2) is 59.0 Å². The molecule has 1 fully saturated rings. The van der Waals surface area contributed by atoms with Crippen LogP contribution in [0.4, 0.5) is 0 Å². The maximum atomic E-state index is 6.05. The molecule has 0 N–H and O–H groups in total. The lowest BCUT2D eigenvalue weighted by atomic mass is 10.2. The number of benzene rings is 2. The molecule has 0 amide bonds. The average molecular weight is 383 g/mol. The van der Waals surface area contributed by atoms with E-state index in [9.17, 15) is 0 Å². The molecule has 140 valence electrons. The van der Waals surface area contributed by atoms with Crippen LogP contribution < -0.4 is 0 Å². The molecule has 0 unspecified atom stereocenters. The molecule has 0 bridgehead atoms. The summed E-state index contributed by atoms with van der Waals surface area (Å²) in [6, 6.07) is 18.2. The highest BCUT2D eigenvalue weighted by molar-refractivity contribution is 6.30. The Hall–Kier alpha value is -2.21. The predicted molar refractivity (Wildman–Crippen MR) is 106 cm³/mol. The Balaban J connectivity index is 1.36. The van der Waals surface area contributed by atoms with Gasteiger partial charge in [-0.15, -0.1) is 10.2 Å². The molecule has 1 atom stereocenters. The minimum absolute atomic E-state index is 0.101. The number of hydrogen-bond donors (Lipinski definition) is 0. The molecule has 0 aliphatic carbocycles. The van der Waals surface area contributed by atoms with Gasteiger partial charge in [-0.3, -0.25) is 9.80 Å². The smallest absolute Gasteiger partial charge is 0.247 e. The van der Waals surface area contributed by atoms with E-state index >= 15 is 0 Å². The Morgan fingerprint density at radius 2 is 1.78 bits per heavy atom. The van der Waals surface area contributed by atoms with E-state index < -0.39 is 0 Å². The van der Waals surface area contributed by atoms with E-state index in [0.717, 1.165) is 38.3 Å². The maximum Gasteiger partial charge on any atom is 0.247 e. The first-order valence-electron chi connectivity index (χ1n) is 9.29. The molecule has 0 radical (unpaired) electrons. The summed E-state index contributed by atoms with van der Waals surface area (Å²) >= 11 is 6.05. The van der Waals surface area contributed by atoms with Crippen LogP contribution in [0, 0.1) is 0 Å². The Bertz CT molecular complexity index is 875. The summed E-state index contributed by atoms with van der Waals surface area (Å²) in [6.45, 7) is 7.18. The molecule has 0 spiro atoms. The first-order chi connectivity index (χ1) is 13.2. The van der Waals surface area contributed by atoms with E-state index in [0.29, 0.717) is 16.8 Å². The third-order valence-corrected chi connectivity index (χ3v) is 5.31. The molecule has 3 aromatic rings. The molecule has 2 aromatic carbocycles. The lowest BCUT2D eigenvalue weighted by Gasteiger charge is -2.36. The van der Waals surface area contributed by atoms with Gasteiger partial charge in [0.15, 0.2) is 0 Å². The van der Waals surface area contributed by atoms with Crippen LogP contribution >= 0.6 is 11.6 Å². The summed E-state index contributed by atoms with van der Waals surface area (Å²) in [5, 5.41) is 9.13. The molecule has 2 heterocycles. The number of piperazine rings is 1. The van der Waals surface area contributed by atoms with Crippen molar-refractivity contribution in [3.05, 3.63) is 71.1 Å².